The quantitative estimate of drug-likeness (QED) is 0.637. The van der Waals surface area contributed by atoms with Crippen LogP contribution < -0.4 is 0 Å². The fourth-order valence-corrected chi connectivity index (χ4v) is 2.18. The van der Waals surface area contributed by atoms with E-state index < -0.39 is 28.5 Å². The molecule has 0 saturated carbocycles. The first kappa shape index (κ1) is 16.5. The van der Waals surface area contributed by atoms with Crippen molar-refractivity contribution in [1.82, 2.24) is 4.90 Å². The number of hydrogen-bond donors (Lipinski definition) is 0. The summed E-state index contributed by atoms with van der Waals surface area (Å²) >= 11 is 0. The van der Waals surface area contributed by atoms with E-state index in [-0.39, 0.29) is 11.3 Å². The molecule has 0 spiro atoms. The van der Waals surface area contributed by atoms with E-state index in [1.807, 2.05) is 0 Å². The molecule has 0 saturated heterocycles. The lowest BCUT2D eigenvalue weighted by molar-refractivity contribution is -0.385. The van der Waals surface area contributed by atoms with Crippen molar-refractivity contribution in [2.75, 3.05) is 7.05 Å². The zero-order valence-electron chi connectivity index (χ0n) is 12.5. The van der Waals surface area contributed by atoms with Crippen molar-refractivity contribution in [2.24, 2.45) is 0 Å². The second-order valence-corrected chi connectivity index (χ2v) is 5.04. The van der Waals surface area contributed by atoms with E-state index in [9.17, 15) is 23.7 Å². The molecule has 0 radical (unpaired) electrons. The molecule has 120 valence electrons. The molecule has 1 unspecified atom stereocenters. The second kappa shape index (κ2) is 6.51. The number of para-hydroxylation sites is 1. The Bertz CT molecular complexity index is 765. The normalized spacial score (nSPS) is 11.8. The largest absolute Gasteiger partial charge is 0.335 e. The number of halogens is 2. The number of carbonyl (C=O) groups excluding carboxylic acids is 1. The second-order valence-electron chi connectivity index (χ2n) is 5.04. The average Bonchev–Trinajstić information content (AvgIpc) is 2.55. The molecule has 0 aromatic heterocycles. The number of nitrogens with zero attached hydrogens (tertiary/aromatic N) is 2. The molecule has 0 heterocycles. The van der Waals surface area contributed by atoms with Gasteiger partial charge in [-0.2, -0.15) is 0 Å². The fourth-order valence-electron chi connectivity index (χ4n) is 2.18. The minimum atomic E-state index is -1.01. The minimum absolute atomic E-state index is 0.0607. The summed E-state index contributed by atoms with van der Waals surface area (Å²) in [6.45, 7) is 1.62. The molecule has 2 aromatic carbocycles. The molecule has 0 aliphatic carbocycles. The molecule has 0 aliphatic heterocycles. The average molecular weight is 320 g/mol. The molecule has 7 heteroatoms. The Balaban J connectivity index is 2.32. The molecule has 0 aliphatic rings. The first-order valence-electron chi connectivity index (χ1n) is 6.78. The third-order valence-corrected chi connectivity index (χ3v) is 3.66. The molecule has 1 amide bonds. The summed E-state index contributed by atoms with van der Waals surface area (Å²) < 4.78 is 26.3. The van der Waals surface area contributed by atoms with Gasteiger partial charge in [-0.05, 0) is 30.7 Å². The lowest BCUT2D eigenvalue weighted by atomic mass is 10.1. The Morgan fingerprint density at radius 1 is 1.17 bits per heavy atom. The number of benzene rings is 2. The molecule has 0 N–H and O–H groups in total. The van der Waals surface area contributed by atoms with Crippen LogP contribution in [0.3, 0.4) is 0 Å². The zero-order valence-corrected chi connectivity index (χ0v) is 12.5. The van der Waals surface area contributed by atoms with E-state index >= 15 is 0 Å². The highest BCUT2D eigenvalue weighted by Crippen LogP contribution is 2.25. The van der Waals surface area contributed by atoms with Gasteiger partial charge in [-0.3, -0.25) is 14.9 Å². The maximum atomic E-state index is 13.3. The third kappa shape index (κ3) is 3.33. The lowest BCUT2D eigenvalue weighted by Crippen LogP contribution is -2.30. The van der Waals surface area contributed by atoms with Crippen LogP contribution in [0, 0.1) is 21.7 Å². The van der Waals surface area contributed by atoms with E-state index in [1.54, 1.807) is 6.92 Å². The van der Waals surface area contributed by atoms with Crippen molar-refractivity contribution in [3.05, 3.63) is 75.3 Å². The smallest absolute Gasteiger partial charge is 0.282 e. The molecular formula is C16H14F2N2O3. The highest BCUT2D eigenvalue weighted by molar-refractivity contribution is 5.98. The van der Waals surface area contributed by atoms with Crippen LogP contribution in [0.4, 0.5) is 14.5 Å². The van der Waals surface area contributed by atoms with Gasteiger partial charge < -0.3 is 4.90 Å². The van der Waals surface area contributed by atoms with Crippen LogP contribution in [0.2, 0.25) is 0 Å². The van der Waals surface area contributed by atoms with E-state index in [0.29, 0.717) is 5.56 Å². The predicted molar refractivity (Wildman–Crippen MR) is 80.0 cm³/mol. The third-order valence-electron chi connectivity index (χ3n) is 3.66. The van der Waals surface area contributed by atoms with Crippen molar-refractivity contribution < 1.29 is 18.5 Å². The van der Waals surface area contributed by atoms with Crippen LogP contribution in [0.15, 0.2) is 42.5 Å². The Labute approximate surface area is 131 Å². The zero-order chi connectivity index (χ0) is 17.1. The molecule has 0 fully saturated rings. The number of hydrogen-bond acceptors (Lipinski definition) is 3. The van der Waals surface area contributed by atoms with Crippen LogP contribution in [0.25, 0.3) is 0 Å². The first-order valence-corrected chi connectivity index (χ1v) is 6.78. The summed E-state index contributed by atoms with van der Waals surface area (Å²) in [5.41, 5.74) is 0.0228. The van der Waals surface area contributed by atoms with Crippen LogP contribution in [-0.4, -0.2) is 22.8 Å². The summed E-state index contributed by atoms with van der Waals surface area (Å²) in [5, 5.41) is 11.0. The maximum absolute atomic E-state index is 13.3. The maximum Gasteiger partial charge on any atom is 0.282 e. The highest BCUT2D eigenvalue weighted by atomic mass is 19.2. The van der Waals surface area contributed by atoms with E-state index in [0.717, 1.165) is 12.1 Å². The summed E-state index contributed by atoms with van der Waals surface area (Å²) in [5.74, 6) is -2.57. The monoisotopic (exact) mass is 320 g/mol. The highest BCUT2D eigenvalue weighted by Gasteiger charge is 2.25. The van der Waals surface area contributed by atoms with E-state index in [1.165, 1.54) is 42.3 Å². The Hall–Kier alpha value is -2.83. The number of carbonyl (C=O) groups is 1. The molecule has 23 heavy (non-hydrogen) atoms. The molecule has 2 rings (SSSR count). The van der Waals surface area contributed by atoms with Gasteiger partial charge in [0.15, 0.2) is 11.6 Å². The van der Waals surface area contributed by atoms with Gasteiger partial charge in [-0.25, -0.2) is 8.78 Å². The van der Waals surface area contributed by atoms with Crippen LogP contribution in [0.1, 0.15) is 28.9 Å². The number of amides is 1. The van der Waals surface area contributed by atoms with Crippen molar-refractivity contribution in [3.8, 4) is 0 Å². The van der Waals surface area contributed by atoms with Crippen molar-refractivity contribution in [1.29, 1.82) is 0 Å². The summed E-state index contributed by atoms with van der Waals surface area (Å²) in [7, 11) is 1.45. The SMILES string of the molecule is CC(c1ccc(F)c(F)c1)N(C)C(=O)c1ccccc1[N+](=O)[O-]. The van der Waals surface area contributed by atoms with Gasteiger partial charge in [-0.1, -0.05) is 18.2 Å². The topological polar surface area (TPSA) is 63.5 Å². The molecule has 5 nitrogen and oxygen atoms in total. The van der Waals surface area contributed by atoms with Gasteiger partial charge in [0.1, 0.15) is 5.56 Å². The summed E-state index contributed by atoms with van der Waals surface area (Å²) in [6, 6.07) is 8.35. The van der Waals surface area contributed by atoms with Gasteiger partial charge in [-0.15, -0.1) is 0 Å². The lowest BCUT2D eigenvalue weighted by Gasteiger charge is -2.25. The van der Waals surface area contributed by atoms with Gasteiger partial charge in [0.25, 0.3) is 11.6 Å². The Morgan fingerprint density at radius 2 is 1.83 bits per heavy atom. The van der Waals surface area contributed by atoms with Crippen LogP contribution in [0.5, 0.6) is 0 Å². The van der Waals surface area contributed by atoms with Crippen LogP contribution in [-0.2, 0) is 0 Å². The van der Waals surface area contributed by atoms with E-state index in [2.05, 4.69) is 0 Å². The minimum Gasteiger partial charge on any atom is -0.335 e. The van der Waals surface area contributed by atoms with Gasteiger partial charge >= 0.3 is 0 Å². The number of nitro groups is 1. The first-order chi connectivity index (χ1) is 10.8. The van der Waals surface area contributed by atoms with Crippen LogP contribution >= 0.6 is 0 Å². The predicted octanol–water partition coefficient (Wildman–Crippen LogP) is 3.71. The van der Waals surface area contributed by atoms with Crippen molar-refractivity contribution in [2.45, 2.75) is 13.0 Å². The van der Waals surface area contributed by atoms with E-state index in [4.69, 9.17) is 0 Å². The number of rotatable bonds is 4. The number of nitro benzene ring substituents is 1. The molecule has 1 atom stereocenters. The Kier molecular flexibility index (Phi) is 4.68. The molecule has 0 bridgehead atoms. The van der Waals surface area contributed by atoms with Gasteiger partial charge in [0, 0.05) is 13.1 Å². The molecular weight excluding hydrogens is 306 g/mol. The summed E-state index contributed by atoms with van der Waals surface area (Å²) in [6.07, 6.45) is 0. The Morgan fingerprint density at radius 3 is 2.43 bits per heavy atom. The van der Waals surface area contributed by atoms with Gasteiger partial charge in [0.2, 0.25) is 0 Å². The molecule has 2 aromatic rings. The standard InChI is InChI=1S/C16H14F2N2O3/c1-10(11-7-8-13(17)14(18)9-11)19(2)16(21)12-5-3-4-6-15(12)20(22)23/h3-10H,1-2H3. The van der Waals surface area contributed by atoms with Crippen molar-refractivity contribution >= 4 is 11.6 Å². The fraction of sp³-hybridized carbons (Fsp3) is 0.188. The van der Waals surface area contributed by atoms with Crippen molar-refractivity contribution in [3.63, 3.8) is 0 Å². The van der Waals surface area contributed by atoms with Gasteiger partial charge in [0.05, 0.1) is 11.0 Å². The summed E-state index contributed by atoms with van der Waals surface area (Å²) in [4.78, 5) is 24.1.